The molecule has 0 radical (unpaired) electrons. The maximum Gasteiger partial charge on any atom is 0.303 e. The van der Waals surface area contributed by atoms with Gasteiger partial charge in [-0.2, -0.15) is 0 Å². The molecule has 0 spiro atoms. The molecule has 108 valence electrons. The molecular formula is C14H24N2O3. The predicted octanol–water partition coefficient (Wildman–Crippen LogP) is 1.23. The minimum Gasteiger partial charge on any atom is -0.481 e. The van der Waals surface area contributed by atoms with Crippen LogP contribution in [0.4, 0.5) is 0 Å². The van der Waals surface area contributed by atoms with Crippen molar-refractivity contribution < 1.29 is 14.7 Å². The van der Waals surface area contributed by atoms with E-state index >= 15 is 0 Å². The van der Waals surface area contributed by atoms with Crippen LogP contribution < -0.4 is 5.32 Å². The Hall–Kier alpha value is -1.10. The molecule has 1 amide bonds. The van der Waals surface area contributed by atoms with Crippen LogP contribution in [0.3, 0.4) is 0 Å². The van der Waals surface area contributed by atoms with E-state index in [9.17, 15) is 9.59 Å². The summed E-state index contributed by atoms with van der Waals surface area (Å²) in [6.07, 6.45) is 5.72. The molecule has 2 atom stereocenters. The minimum absolute atomic E-state index is 0.0999. The van der Waals surface area contributed by atoms with Crippen molar-refractivity contribution in [3.05, 3.63) is 0 Å². The Morgan fingerprint density at radius 3 is 2.63 bits per heavy atom. The summed E-state index contributed by atoms with van der Waals surface area (Å²) in [5, 5.41) is 11.9. The Balaban J connectivity index is 1.77. The van der Waals surface area contributed by atoms with E-state index in [4.69, 9.17) is 5.11 Å². The van der Waals surface area contributed by atoms with Crippen molar-refractivity contribution in [2.24, 2.45) is 5.92 Å². The van der Waals surface area contributed by atoms with Crippen molar-refractivity contribution in [3.8, 4) is 0 Å². The number of carboxylic acid groups (broad SMARTS) is 1. The fraction of sp³-hybridized carbons (Fsp3) is 0.857. The lowest BCUT2D eigenvalue weighted by atomic mass is 10.1. The summed E-state index contributed by atoms with van der Waals surface area (Å²) < 4.78 is 0. The number of aliphatic carboxylic acids is 1. The van der Waals surface area contributed by atoms with Gasteiger partial charge in [-0.05, 0) is 38.6 Å². The third-order valence-corrected chi connectivity index (χ3v) is 4.41. The Labute approximate surface area is 114 Å². The largest absolute Gasteiger partial charge is 0.481 e. The zero-order chi connectivity index (χ0) is 13.8. The van der Waals surface area contributed by atoms with Crippen molar-refractivity contribution in [3.63, 3.8) is 0 Å². The van der Waals surface area contributed by atoms with E-state index in [2.05, 4.69) is 10.2 Å². The molecule has 5 nitrogen and oxygen atoms in total. The van der Waals surface area contributed by atoms with E-state index in [1.165, 1.54) is 12.8 Å². The van der Waals surface area contributed by atoms with Gasteiger partial charge in [0.25, 0.3) is 0 Å². The molecule has 0 aromatic heterocycles. The van der Waals surface area contributed by atoms with Gasteiger partial charge in [0.2, 0.25) is 5.91 Å². The molecule has 2 aliphatic rings. The van der Waals surface area contributed by atoms with Crippen LogP contribution in [0, 0.1) is 5.92 Å². The van der Waals surface area contributed by atoms with E-state index in [0.717, 1.165) is 32.4 Å². The van der Waals surface area contributed by atoms with Gasteiger partial charge in [0.1, 0.15) is 0 Å². The summed E-state index contributed by atoms with van der Waals surface area (Å²) in [6.45, 7) is 3.48. The fourth-order valence-corrected chi connectivity index (χ4v) is 3.19. The number of carboxylic acids is 1. The summed E-state index contributed by atoms with van der Waals surface area (Å²) >= 11 is 0. The fourth-order valence-electron chi connectivity index (χ4n) is 3.19. The van der Waals surface area contributed by atoms with E-state index in [1.807, 2.05) is 6.92 Å². The molecule has 0 aromatic rings. The van der Waals surface area contributed by atoms with Crippen LogP contribution >= 0.6 is 0 Å². The van der Waals surface area contributed by atoms with E-state index in [-0.39, 0.29) is 24.3 Å². The molecule has 1 aliphatic carbocycles. The highest BCUT2D eigenvalue weighted by molar-refractivity contribution is 5.81. The van der Waals surface area contributed by atoms with Crippen LogP contribution in [0.25, 0.3) is 0 Å². The predicted molar refractivity (Wildman–Crippen MR) is 71.8 cm³/mol. The molecule has 1 aliphatic heterocycles. The van der Waals surface area contributed by atoms with Crippen LogP contribution in [0.5, 0.6) is 0 Å². The Bertz CT molecular complexity index is 340. The molecule has 2 N–H and O–H groups in total. The SMILES string of the molecule is CC(C(=O)NC1CCCC1)N1CCC(CC(=O)O)C1. The van der Waals surface area contributed by atoms with Crippen LogP contribution in [-0.4, -0.2) is 47.1 Å². The van der Waals surface area contributed by atoms with Gasteiger partial charge in [-0.3, -0.25) is 14.5 Å². The smallest absolute Gasteiger partial charge is 0.303 e. The zero-order valence-electron chi connectivity index (χ0n) is 11.6. The van der Waals surface area contributed by atoms with Crippen LogP contribution in [-0.2, 0) is 9.59 Å². The highest BCUT2D eigenvalue weighted by atomic mass is 16.4. The quantitative estimate of drug-likeness (QED) is 0.787. The first kappa shape index (κ1) is 14.3. The first-order valence-electron chi connectivity index (χ1n) is 7.32. The number of hydrogen-bond donors (Lipinski definition) is 2. The maximum absolute atomic E-state index is 12.1. The highest BCUT2D eigenvalue weighted by Crippen LogP contribution is 2.22. The molecule has 19 heavy (non-hydrogen) atoms. The summed E-state index contributed by atoms with van der Waals surface area (Å²) in [6, 6.07) is 0.215. The lowest BCUT2D eigenvalue weighted by Crippen LogP contribution is -2.47. The van der Waals surface area contributed by atoms with Gasteiger partial charge in [-0.15, -0.1) is 0 Å². The summed E-state index contributed by atoms with van der Waals surface area (Å²) in [7, 11) is 0. The van der Waals surface area contributed by atoms with Crippen LogP contribution in [0.2, 0.25) is 0 Å². The van der Waals surface area contributed by atoms with Gasteiger partial charge in [0.15, 0.2) is 0 Å². The molecule has 5 heteroatoms. The van der Waals surface area contributed by atoms with Gasteiger partial charge in [-0.25, -0.2) is 0 Å². The number of carbonyl (C=O) groups excluding carboxylic acids is 1. The normalized spacial score (nSPS) is 26.5. The van der Waals surface area contributed by atoms with Gasteiger partial charge >= 0.3 is 5.97 Å². The van der Waals surface area contributed by atoms with Crippen LogP contribution in [0.1, 0.15) is 45.4 Å². The first-order valence-corrected chi connectivity index (χ1v) is 7.32. The average molecular weight is 268 g/mol. The van der Waals surface area contributed by atoms with E-state index < -0.39 is 5.97 Å². The Kier molecular flexibility index (Phi) is 4.80. The Morgan fingerprint density at radius 1 is 1.32 bits per heavy atom. The van der Waals surface area contributed by atoms with Crippen molar-refractivity contribution >= 4 is 11.9 Å². The number of carbonyl (C=O) groups is 2. The minimum atomic E-state index is -0.741. The topological polar surface area (TPSA) is 69.6 Å². The highest BCUT2D eigenvalue weighted by Gasteiger charge is 2.31. The molecule has 0 bridgehead atoms. The van der Waals surface area contributed by atoms with Crippen LogP contribution in [0.15, 0.2) is 0 Å². The molecular weight excluding hydrogens is 244 g/mol. The third-order valence-electron chi connectivity index (χ3n) is 4.41. The number of nitrogens with one attached hydrogen (secondary N) is 1. The summed E-state index contributed by atoms with van der Waals surface area (Å²) in [4.78, 5) is 25.0. The second-order valence-corrected chi connectivity index (χ2v) is 5.91. The maximum atomic E-state index is 12.1. The number of rotatable bonds is 5. The third kappa shape index (κ3) is 3.93. The molecule has 2 fully saturated rings. The molecule has 1 heterocycles. The lowest BCUT2D eigenvalue weighted by Gasteiger charge is -2.25. The molecule has 1 saturated carbocycles. The second-order valence-electron chi connectivity index (χ2n) is 5.91. The monoisotopic (exact) mass is 268 g/mol. The first-order chi connectivity index (χ1) is 9.06. The molecule has 2 unspecified atom stereocenters. The Morgan fingerprint density at radius 2 is 2.00 bits per heavy atom. The van der Waals surface area contributed by atoms with Crippen molar-refractivity contribution in [1.29, 1.82) is 0 Å². The summed E-state index contributed by atoms with van der Waals surface area (Å²) in [5.41, 5.74) is 0. The molecule has 2 rings (SSSR count). The molecule has 1 saturated heterocycles. The lowest BCUT2D eigenvalue weighted by molar-refractivity contribution is -0.138. The van der Waals surface area contributed by atoms with E-state index in [0.29, 0.717) is 6.04 Å². The van der Waals surface area contributed by atoms with Gasteiger partial charge < -0.3 is 10.4 Å². The van der Waals surface area contributed by atoms with Gasteiger partial charge in [0.05, 0.1) is 6.04 Å². The number of nitrogens with zero attached hydrogens (tertiary/aromatic N) is 1. The number of hydrogen-bond acceptors (Lipinski definition) is 3. The average Bonchev–Trinajstić information content (AvgIpc) is 2.98. The van der Waals surface area contributed by atoms with Gasteiger partial charge in [-0.1, -0.05) is 12.8 Å². The zero-order valence-corrected chi connectivity index (χ0v) is 11.6. The standard InChI is InChI=1S/C14H24N2O3/c1-10(14(19)15-12-4-2-3-5-12)16-7-6-11(9-16)8-13(17)18/h10-12H,2-9H2,1H3,(H,15,19)(H,17,18). The van der Waals surface area contributed by atoms with E-state index in [1.54, 1.807) is 0 Å². The number of amides is 1. The second kappa shape index (κ2) is 6.37. The van der Waals surface area contributed by atoms with Gasteiger partial charge in [0, 0.05) is 19.0 Å². The number of likely N-dealkylation sites (tertiary alicyclic amines) is 1. The van der Waals surface area contributed by atoms with Crippen molar-refractivity contribution in [2.45, 2.75) is 57.5 Å². The summed E-state index contributed by atoms with van der Waals surface area (Å²) in [5.74, 6) is -0.447. The molecule has 0 aromatic carbocycles. The van der Waals surface area contributed by atoms with Crippen molar-refractivity contribution in [2.75, 3.05) is 13.1 Å². The van der Waals surface area contributed by atoms with Crippen molar-refractivity contribution in [1.82, 2.24) is 10.2 Å².